The molecule has 28 heavy (non-hydrogen) atoms. The van der Waals surface area contributed by atoms with E-state index in [9.17, 15) is 14.4 Å². The third-order valence-electron chi connectivity index (χ3n) is 6.31. The molecule has 8 heteroatoms. The molecular formula is C20H32N4O4. The van der Waals surface area contributed by atoms with Gasteiger partial charge >= 0.3 is 0 Å². The molecule has 2 saturated heterocycles. The van der Waals surface area contributed by atoms with E-state index in [-0.39, 0.29) is 41.7 Å². The van der Waals surface area contributed by atoms with Crippen molar-refractivity contribution < 1.29 is 19.1 Å². The van der Waals surface area contributed by atoms with Gasteiger partial charge in [0.2, 0.25) is 17.7 Å². The Hall–Kier alpha value is -1.67. The summed E-state index contributed by atoms with van der Waals surface area (Å²) in [6, 6.07) is -0.628. The fraction of sp³-hybridized carbons (Fsp3) is 0.850. The normalized spacial score (nSPS) is 29.8. The molecule has 0 spiro atoms. The summed E-state index contributed by atoms with van der Waals surface area (Å²) in [4.78, 5) is 42.2. The van der Waals surface area contributed by atoms with Gasteiger partial charge in [0.25, 0.3) is 0 Å². The van der Waals surface area contributed by atoms with Crippen LogP contribution >= 0.6 is 0 Å². The highest BCUT2D eigenvalue weighted by atomic mass is 16.5. The van der Waals surface area contributed by atoms with E-state index in [0.29, 0.717) is 32.6 Å². The van der Waals surface area contributed by atoms with Crippen LogP contribution in [0.25, 0.3) is 0 Å². The Kier molecular flexibility index (Phi) is 5.87. The first-order valence-electron chi connectivity index (χ1n) is 10.8. The van der Waals surface area contributed by atoms with Crippen molar-refractivity contribution in [2.24, 2.45) is 17.6 Å². The number of carbonyl (C=O) groups is 3. The molecule has 0 bridgehead atoms. The molecule has 0 aromatic carbocycles. The van der Waals surface area contributed by atoms with Crippen molar-refractivity contribution in [3.63, 3.8) is 0 Å². The first-order valence-corrected chi connectivity index (χ1v) is 10.8. The summed E-state index contributed by atoms with van der Waals surface area (Å²) in [6.45, 7) is 2.52. The maximum Gasteiger partial charge on any atom is 0.242 e. The van der Waals surface area contributed by atoms with E-state index in [2.05, 4.69) is 5.32 Å². The molecule has 4 fully saturated rings. The largest absolute Gasteiger partial charge is 0.376 e. The number of ether oxygens (including phenoxy) is 1. The topological polar surface area (TPSA) is 105 Å². The number of nitrogens with one attached hydrogen (secondary N) is 1. The van der Waals surface area contributed by atoms with E-state index in [4.69, 9.17) is 10.5 Å². The van der Waals surface area contributed by atoms with Crippen LogP contribution in [-0.2, 0) is 19.1 Å². The van der Waals surface area contributed by atoms with Crippen LogP contribution in [0, 0.1) is 11.8 Å². The number of nitrogens with two attached hydrogens (primary N) is 1. The van der Waals surface area contributed by atoms with Crippen molar-refractivity contribution in [3.05, 3.63) is 0 Å². The monoisotopic (exact) mass is 392 g/mol. The summed E-state index contributed by atoms with van der Waals surface area (Å²) in [6.07, 6.45) is 6.25. The van der Waals surface area contributed by atoms with E-state index in [1.807, 2.05) is 4.90 Å². The molecule has 4 aliphatic rings. The molecular weight excluding hydrogens is 360 g/mol. The van der Waals surface area contributed by atoms with Crippen molar-refractivity contribution >= 4 is 17.7 Å². The quantitative estimate of drug-likeness (QED) is 0.598. The van der Waals surface area contributed by atoms with Gasteiger partial charge in [0.15, 0.2) is 0 Å². The standard InChI is InChI=1S/C20H32N4O4/c21-7-8-22-18(25)17-10-15(11-24(17)20(27)14-5-6-14)23(19(26)13-3-4-13)12-16-2-1-9-28-16/h13-17H,1-12,21H2,(H,22,25). The van der Waals surface area contributed by atoms with Crippen LogP contribution in [-0.4, -0.2) is 78.5 Å². The van der Waals surface area contributed by atoms with Gasteiger partial charge in [-0.05, 0) is 44.9 Å². The van der Waals surface area contributed by atoms with Crippen molar-refractivity contribution in [3.8, 4) is 0 Å². The van der Waals surface area contributed by atoms with Crippen LogP contribution in [0.1, 0.15) is 44.9 Å². The number of carbonyl (C=O) groups excluding carboxylic acids is 3. The van der Waals surface area contributed by atoms with Crippen molar-refractivity contribution in [2.45, 2.75) is 63.1 Å². The third kappa shape index (κ3) is 4.33. The van der Waals surface area contributed by atoms with Gasteiger partial charge in [0.05, 0.1) is 12.1 Å². The van der Waals surface area contributed by atoms with Gasteiger partial charge in [-0.2, -0.15) is 0 Å². The minimum absolute atomic E-state index is 0.0503. The van der Waals surface area contributed by atoms with Crippen LogP contribution in [0.4, 0.5) is 0 Å². The zero-order valence-electron chi connectivity index (χ0n) is 16.5. The van der Waals surface area contributed by atoms with Gasteiger partial charge in [0, 0.05) is 44.6 Å². The molecule has 3 unspecified atom stereocenters. The third-order valence-corrected chi connectivity index (χ3v) is 6.31. The zero-order chi connectivity index (χ0) is 19.7. The van der Waals surface area contributed by atoms with Gasteiger partial charge in [-0.15, -0.1) is 0 Å². The molecule has 0 aromatic rings. The Balaban J connectivity index is 1.49. The molecule has 2 heterocycles. The molecule has 3 amide bonds. The minimum Gasteiger partial charge on any atom is -0.376 e. The highest BCUT2D eigenvalue weighted by Crippen LogP contribution is 2.37. The van der Waals surface area contributed by atoms with Gasteiger partial charge in [-0.25, -0.2) is 0 Å². The van der Waals surface area contributed by atoms with Gasteiger partial charge < -0.3 is 25.6 Å². The number of amides is 3. The maximum absolute atomic E-state index is 13.0. The summed E-state index contributed by atoms with van der Waals surface area (Å²) in [5.74, 6) is 0.236. The number of hydrogen-bond donors (Lipinski definition) is 2. The van der Waals surface area contributed by atoms with Crippen LogP contribution in [0.5, 0.6) is 0 Å². The molecule has 2 saturated carbocycles. The molecule has 8 nitrogen and oxygen atoms in total. The fourth-order valence-electron chi connectivity index (χ4n) is 4.40. The Morgan fingerprint density at radius 1 is 1.11 bits per heavy atom. The van der Waals surface area contributed by atoms with Crippen LogP contribution in [0.15, 0.2) is 0 Å². The zero-order valence-corrected chi connectivity index (χ0v) is 16.5. The molecule has 0 radical (unpaired) electrons. The lowest BCUT2D eigenvalue weighted by atomic mass is 10.1. The fourth-order valence-corrected chi connectivity index (χ4v) is 4.40. The summed E-state index contributed by atoms with van der Waals surface area (Å²) in [7, 11) is 0. The highest BCUT2D eigenvalue weighted by Gasteiger charge is 2.48. The maximum atomic E-state index is 13.0. The summed E-state index contributed by atoms with van der Waals surface area (Å²) in [5.41, 5.74) is 5.51. The Morgan fingerprint density at radius 3 is 2.46 bits per heavy atom. The minimum atomic E-state index is -0.511. The molecule has 4 rings (SSSR count). The number of hydrogen-bond acceptors (Lipinski definition) is 5. The Labute approximate surface area is 166 Å². The van der Waals surface area contributed by atoms with Crippen molar-refractivity contribution in [2.75, 3.05) is 32.8 Å². The average Bonchev–Trinajstić information content (AvgIpc) is 3.62. The number of rotatable bonds is 8. The number of nitrogens with zero attached hydrogens (tertiary/aromatic N) is 2. The lowest BCUT2D eigenvalue weighted by Gasteiger charge is -2.31. The van der Waals surface area contributed by atoms with Crippen LogP contribution in [0.2, 0.25) is 0 Å². The van der Waals surface area contributed by atoms with Gasteiger partial charge in [-0.1, -0.05) is 0 Å². The molecule has 0 aromatic heterocycles. The van der Waals surface area contributed by atoms with Gasteiger partial charge in [-0.3, -0.25) is 14.4 Å². The van der Waals surface area contributed by atoms with E-state index in [1.165, 1.54) is 0 Å². The lowest BCUT2D eigenvalue weighted by Crippen LogP contribution is -2.48. The second kappa shape index (κ2) is 8.37. The lowest BCUT2D eigenvalue weighted by molar-refractivity contribution is -0.140. The van der Waals surface area contributed by atoms with E-state index < -0.39 is 6.04 Å². The van der Waals surface area contributed by atoms with Gasteiger partial charge in [0.1, 0.15) is 6.04 Å². The second-order valence-corrected chi connectivity index (χ2v) is 8.65. The highest BCUT2D eigenvalue weighted by molar-refractivity contribution is 5.90. The Morgan fingerprint density at radius 2 is 1.86 bits per heavy atom. The molecule has 2 aliphatic heterocycles. The van der Waals surface area contributed by atoms with Crippen LogP contribution in [0.3, 0.4) is 0 Å². The second-order valence-electron chi connectivity index (χ2n) is 8.65. The predicted octanol–water partition coefficient (Wildman–Crippen LogP) is -0.142. The first-order chi connectivity index (χ1) is 13.6. The molecule has 156 valence electrons. The van der Waals surface area contributed by atoms with E-state index >= 15 is 0 Å². The summed E-state index contributed by atoms with van der Waals surface area (Å²) in [5, 5.41) is 2.83. The summed E-state index contributed by atoms with van der Waals surface area (Å²) < 4.78 is 5.78. The van der Waals surface area contributed by atoms with E-state index in [0.717, 1.165) is 45.1 Å². The number of likely N-dealkylation sites (tertiary alicyclic amines) is 1. The smallest absolute Gasteiger partial charge is 0.242 e. The van der Waals surface area contributed by atoms with Crippen molar-refractivity contribution in [1.29, 1.82) is 0 Å². The Bertz CT molecular complexity index is 613. The SMILES string of the molecule is NCCNC(=O)C1CC(N(CC2CCCO2)C(=O)C2CC2)CN1C(=O)C1CC1. The summed E-state index contributed by atoms with van der Waals surface area (Å²) >= 11 is 0. The first kappa shape index (κ1) is 19.6. The average molecular weight is 393 g/mol. The molecule has 2 aliphatic carbocycles. The van der Waals surface area contributed by atoms with E-state index in [1.54, 1.807) is 4.90 Å². The predicted molar refractivity (Wildman–Crippen MR) is 102 cm³/mol. The molecule has 3 N–H and O–H groups in total. The molecule has 3 atom stereocenters. The van der Waals surface area contributed by atoms with Crippen molar-refractivity contribution in [1.82, 2.24) is 15.1 Å². The van der Waals surface area contributed by atoms with Crippen LogP contribution < -0.4 is 11.1 Å².